The van der Waals surface area contributed by atoms with Gasteiger partial charge in [0, 0.05) is 12.2 Å². The van der Waals surface area contributed by atoms with Crippen LogP contribution in [0.15, 0.2) is 29.5 Å². The van der Waals surface area contributed by atoms with Gasteiger partial charge in [-0.3, -0.25) is 4.90 Å². The molecule has 1 aromatic carbocycles. The number of amides is 2. The van der Waals surface area contributed by atoms with Gasteiger partial charge in [-0.05, 0) is 50.9 Å². The predicted molar refractivity (Wildman–Crippen MR) is 95.0 cm³/mol. The average molecular weight is 343 g/mol. The van der Waals surface area contributed by atoms with Gasteiger partial charge in [0.2, 0.25) is 0 Å². The molecule has 1 saturated heterocycles. The highest BCUT2D eigenvalue weighted by Crippen LogP contribution is 2.31. The number of rotatable bonds is 4. The average Bonchev–Trinajstić information content (AvgIpc) is 3.09. The number of carbonyl (C=O) groups is 2. The second-order valence-electron chi connectivity index (χ2n) is 6.76. The molecule has 6 heteroatoms. The lowest BCUT2D eigenvalue weighted by molar-refractivity contribution is -0.136. The maximum absolute atomic E-state index is 12.5. The highest BCUT2D eigenvalue weighted by Gasteiger charge is 2.35. The van der Waals surface area contributed by atoms with Crippen LogP contribution in [0.25, 0.3) is 0 Å². The zero-order valence-corrected chi connectivity index (χ0v) is 15.0. The van der Waals surface area contributed by atoms with Gasteiger partial charge in [-0.2, -0.15) is 0 Å². The Hall–Kier alpha value is -2.34. The Bertz CT molecular complexity index is 721. The minimum absolute atomic E-state index is 0.284. The molecule has 1 fully saturated rings. The van der Waals surface area contributed by atoms with Crippen molar-refractivity contribution in [2.75, 3.05) is 26.7 Å². The van der Waals surface area contributed by atoms with Crippen molar-refractivity contribution in [1.82, 2.24) is 15.5 Å². The normalized spacial score (nSPS) is 21.1. The lowest BCUT2D eigenvalue weighted by atomic mass is 9.91. The molecule has 0 unspecified atom stereocenters. The number of urea groups is 1. The number of esters is 1. The summed E-state index contributed by atoms with van der Waals surface area (Å²) in [4.78, 5) is 27.1. The van der Waals surface area contributed by atoms with Crippen LogP contribution in [0, 0.1) is 13.8 Å². The van der Waals surface area contributed by atoms with Crippen molar-refractivity contribution in [2.45, 2.75) is 32.7 Å². The van der Waals surface area contributed by atoms with E-state index in [-0.39, 0.29) is 6.03 Å². The van der Waals surface area contributed by atoms with E-state index in [1.165, 1.54) is 7.11 Å². The summed E-state index contributed by atoms with van der Waals surface area (Å²) in [5, 5.41) is 5.72. The second-order valence-corrected chi connectivity index (χ2v) is 6.76. The van der Waals surface area contributed by atoms with E-state index >= 15 is 0 Å². The number of carbonyl (C=O) groups excluding carboxylic acids is 2. The zero-order valence-electron chi connectivity index (χ0n) is 15.0. The van der Waals surface area contributed by atoms with E-state index in [4.69, 9.17) is 4.74 Å². The van der Waals surface area contributed by atoms with Gasteiger partial charge in [-0.1, -0.05) is 23.8 Å². The van der Waals surface area contributed by atoms with Gasteiger partial charge in [0.05, 0.1) is 18.7 Å². The van der Waals surface area contributed by atoms with Crippen LogP contribution in [0.4, 0.5) is 4.79 Å². The molecule has 1 aromatic rings. The summed E-state index contributed by atoms with van der Waals surface area (Å²) in [6, 6.07) is 5.26. The van der Waals surface area contributed by atoms with Crippen molar-refractivity contribution in [3.63, 3.8) is 0 Å². The molecule has 0 aliphatic carbocycles. The molecule has 0 saturated carbocycles. The molecule has 0 aromatic heterocycles. The predicted octanol–water partition coefficient (Wildman–Crippen LogP) is 2.18. The van der Waals surface area contributed by atoms with Crippen molar-refractivity contribution in [3.8, 4) is 0 Å². The van der Waals surface area contributed by atoms with Gasteiger partial charge in [-0.15, -0.1) is 0 Å². The number of hydrogen-bond donors (Lipinski definition) is 2. The molecule has 1 atom stereocenters. The van der Waals surface area contributed by atoms with Crippen LogP contribution in [-0.2, 0) is 9.53 Å². The van der Waals surface area contributed by atoms with Crippen LogP contribution < -0.4 is 10.6 Å². The molecule has 25 heavy (non-hydrogen) atoms. The fourth-order valence-electron chi connectivity index (χ4n) is 3.56. The number of aryl methyl sites for hydroxylation is 2. The number of methoxy groups -OCH3 is 1. The zero-order chi connectivity index (χ0) is 18.0. The first kappa shape index (κ1) is 17.5. The molecule has 2 aliphatic heterocycles. The second kappa shape index (κ2) is 7.27. The number of benzene rings is 1. The molecular formula is C19H25N3O3. The number of ether oxygens (including phenoxy) is 1. The summed E-state index contributed by atoms with van der Waals surface area (Å²) in [7, 11) is 1.37. The van der Waals surface area contributed by atoms with E-state index in [0.717, 1.165) is 42.6 Å². The van der Waals surface area contributed by atoms with Crippen molar-refractivity contribution in [1.29, 1.82) is 0 Å². The number of nitrogens with one attached hydrogen (secondary N) is 2. The Morgan fingerprint density at radius 3 is 2.68 bits per heavy atom. The van der Waals surface area contributed by atoms with E-state index < -0.39 is 12.0 Å². The maximum atomic E-state index is 12.5. The summed E-state index contributed by atoms with van der Waals surface area (Å²) in [6.45, 7) is 6.50. The van der Waals surface area contributed by atoms with Crippen LogP contribution in [0.1, 0.15) is 35.6 Å². The van der Waals surface area contributed by atoms with E-state index in [9.17, 15) is 9.59 Å². The van der Waals surface area contributed by atoms with Crippen molar-refractivity contribution in [3.05, 3.63) is 46.2 Å². The third kappa shape index (κ3) is 3.69. The summed E-state index contributed by atoms with van der Waals surface area (Å²) in [5.41, 5.74) is 4.17. The van der Waals surface area contributed by atoms with Crippen molar-refractivity contribution in [2.24, 2.45) is 0 Å². The van der Waals surface area contributed by atoms with E-state index in [2.05, 4.69) is 15.5 Å². The molecule has 2 heterocycles. The van der Waals surface area contributed by atoms with E-state index in [0.29, 0.717) is 17.8 Å². The smallest absolute Gasteiger partial charge is 0.338 e. The molecule has 2 aliphatic rings. The Morgan fingerprint density at radius 2 is 2.00 bits per heavy atom. The van der Waals surface area contributed by atoms with Crippen molar-refractivity contribution < 1.29 is 14.3 Å². The lowest BCUT2D eigenvalue weighted by Gasteiger charge is -2.31. The fourth-order valence-corrected chi connectivity index (χ4v) is 3.56. The minimum atomic E-state index is -0.501. The highest BCUT2D eigenvalue weighted by atomic mass is 16.5. The van der Waals surface area contributed by atoms with Crippen LogP contribution in [0.5, 0.6) is 0 Å². The third-order valence-corrected chi connectivity index (χ3v) is 4.89. The molecular weight excluding hydrogens is 318 g/mol. The van der Waals surface area contributed by atoms with Crippen LogP contribution in [0.2, 0.25) is 0 Å². The first-order valence-corrected chi connectivity index (χ1v) is 8.68. The molecule has 2 N–H and O–H groups in total. The molecule has 2 amide bonds. The maximum Gasteiger partial charge on any atom is 0.338 e. The first-order chi connectivity index (χ1) is 12.0. The quantitative estimate of drug-likeness (QED) is 0.822. The molecule has 6 nitrogen and oxygen atoms in total. The first-order valence-electron chi connectivity index (χ1n) is 8.68. The lowest BCUT2D eigenvalue weighted by Crippen LogP contribution is -2.48. The molecule has 3 rings (SSSR count). The Balaban J connectivity index is 2.05. The van der Waals surface area contributed by atoms with Gasteiger partial charge in [-0.25, -0.2) is 9.59 Å². The van der Waals surface area contributed by atoms with E-state index in [1.807, 2.05) is 32.0 Å². The Kier molecular flexibility index (Phi) is 5.08. The summed E-state index contributed by atoms with van der Waals surface area (Å²) in [6.07, 6.45) is 2.29. The van der Waals surface area contributed by atoms with Crippen molar-refractivity contribution >= 4 is 12.0 Å². The highest BCUT2D eigenvalue weighted by molar-refractivity contribution is 5.95. The Morgan fingerprint density at radius 1 is 1.28 bits per heavy atom. The van der Waals surface area contributed by atoms with Crippen LogP contribution in [0.3, 0.4) is 0 Å². The number of nitrogens with zero attached hydrogens (tertiary/aromatic N) is 1. The largest absolute Gasteiger partial charge is 0.466 e. The molecule has 134 valence electrons. The molecule has 0 bridgehead atoms. The molecule has 0 radical (unpaired) electrons. The third-order valence-electron chi connectivity index (χ3n) is 4.89. The summed E-state index contributed by atoms with van der Waals surface area (Å²) < 4.78 is 5.03. The summed E-state index contributed by atoms with van der Waals surface area (Å²) >= 11 is 0. The number of hydrogen-bond acceptors (Lipinski definition) is 4. The van der Waals surface area contributed by atoms with E-state index in [1.54, 1.807) is 0 Å². The van der Waals surface area contributed by atoms with Crippen LogP contribution >= 0.6 is 0 Å². The molecule has 0 spiro atoms. The van der Waals surface area contributed by atoms with Gasteiger partial charge in [0.15, 0.2) is 0 Å². The number of likely N-dealkylation sites (tertiary alicyclic amines) is 1. The SMILES string of the molecule is COC(=O)C1=C(CN2CCCC2)NC(=O)N[C@@H]1c1cc(C)ccc1C. The Labute approximate surface area is 148 Å². The van der Waals surface area contributed by atoms with Gasteiger partial charge < -0.3 is 15.4 Å². The van der Waals surface area contributed by atoms with Crippen LogP contribution in [-0.4, -0.2) is 43.6 Å². The standard InChI is InChI=1S/C19H25N3O3/c1-12-6-7-13(2)14(10-12)17-16(18(23)25-3)15(20-19(24)21-17)11-22-8-4-5-9-22/h6-7,10,17H,4-5,8-9,11H2,1-3H3,(H2,20,21,24)/t17-/m1/s1. The summed E-state index contributed by atoms with van der Waals surface area (Å²) in [5.74, 6) is -0.410. The topological polar surface area (TPSA) is 70.7 Å². The van der Waals surface area contributed by atoms with Gasteiger partial charge in [0.25, 0.3) is 0 Å². The van der Waals surface area contributed by atoms with Gasteiger partial charge >= 0.3 is 12.0 Å². The van der Waals surface area contributed by atoms with Gasteiger partial charge in [0.1, 0.15) is 0 Å². The minimum Gasteiger partial charge on any atom is -0.466 e. The fraction of sp³-hybridized carbons (Fsp3) is 0.474. The monoisotopic (exact) mass is 343 g/mol.